The molecule has 1 aromatic heterocycles. The largest absolute Gasteiger partial charge is 0.350 e. The van der Waals surface area contributed by atoms with Crippen LogP contribution in [0.3, 0.4) is 0 Å². The van der Waals surface area contributed by atoms with Crippen LogP contribution < -0.4 is 5.32 Å². The van der Waals surface area contributed by atoms with E-state index in [9.17, 15) is 4.79 Å². The van der Waals surface area contributed by atoms with Crippen LogP contribution >= 0.6 is 0 Å². The van der Waals surface area contributed by atoms with Crippen LogP contribution in [0, 0.1) is 0 Å². The minimum Gasteiger partial charge on any atom is -0.350 e. The summed E-state index contributed by atoms with van der Waals surface area (Å²) in [5.41, 5.74) is 1.45. The summed E-state index contributed by atoms with van der Waals surface area (Å²) in [6.45, 7) is 4.20. The summed E-state index contributed by atoms with van der Waals surface area (Å²) in [5.74, 6) is -0.127. The zero-order valence-corrected chi connectivity index (χ0v) is 10.0. The van der Waals surface area contributed by atoms with Crippen LogP contribution in [-0.4, -0.2) is 22.0 Å². The van der Waals surface area contributed by atoms with Crippen molar-refractivity contribution in [2.75, 3.05) is 6.54 Å². The highest BCUT2D eigenvalue weighted by molar-refractivity contribution is 5.92. The Morgan fingerprint density at radius 1 is 1.39 bits per heavy atom. The molecular formula is C14H15N3O. The molecule has 0 spiro atoms. The van der Waals surface area contributed by atoms with Gasteiger partial charge in [0.25, 0.3) is 5.91 Å². The van der Waals surface area contributed by atoms with Gasteiger partial charge in [-0.2, -0.15) is 0 Å². The van der Waals surface area contributed by atoms with Crippen molar-refractivity contribution in [1.29, 1.82) is 0 Å². The zero-order valence-electron chi connectivity index (χ0n) is 10.0. The number of para-hydroxylation sites is 1. The zero-order chi connectivity index (χ0) is 12.8. The lowest BCUT2D eigenvalue weighted by Crippen LogP contribution is -2.26. The SMILES string of the molecule is C=CCCNC(=O)c1cncn1-c1ccccc1. The lowest BCUT2D eigenvalue weighted by atomic mass is 10.3. The minimum atomic E-state index is -0.127. The minimum absolute atomic E-state index is 0.127. The molecule has 0 aliphatic carbocycles. The molecule has 2 aromatic rings. The van der Waals surface area contributed by atoms with Crippen molar-refractivity contribution in [2.45, 2.75) is 6.42 Å². The fourth-order valence-corrected chi connectivity index (χ4v) is 1.64. The van der Waals surface area contributed by atoms with E-state index in [1.165, 1.54) is 0 Å². The van der Waals surface area contributed by atoms with Crippen molar-refractivity contribution in [1.82, 2.24) is 14.9 Å². The number of hydrogen-bond acceptors (Lipinski definition) is 2. The summed E-state index contributed by atoms with van der Waals surface area (Å²) in [6.07, 6.45) is 5.73. The number of benzene rings is 1. The number of hydrogen-bond donors (Lipinski definition) is 1. The van der Waals surface area contributed by atoms with E-state index in [2.05, 4.69) is 16.9 Å². The second kappa shape index (κ2) is 5.82. The van der Waals surface area contributed by atoms with Crippen molar-refractivity contribution < 1.29 is 4.79 Å². The van der Waals surface area contributed by atoms with Crippen LogP contribution in [-0.2, 0) is 0 Å². The topological polar surface area (TPSA) is 46.9 Å². The molecule has 1 heterocycles. The van der Waals surface area contributed by atoms with Gasteiger partial charge in [-0.3, -0.25) is 9.36 Å². The molecule has 1 aromatic carbocycles. The van der Waals surface area contributed by atoms with Crippen LogP contribution in [0.5, 0.6) is 0 Å². The first-order chi connectivity index (χ1) is 8.83. The maximum absolute atomic E-state index is 12.0. The summed E-state index contributed by atoms with van der Waals surface area (Å²) < 4.78 is 1.77. The lowest BCUT2D eigenvalue weighted by Gasteiger charge is -2.08. The van der Waals surface area contributed by atoms with E-state index < -0.39 is 0 Å². The first-order valence-electron chi connectivity index (χ1n) is 5.80. The molecule has 0 radical (unpaired) electrons. The second-order valence-corrected chi connectivity index (χ2v) is 3.82. The molecule has 0 fully saturated rings. The van der Waals surface area contributed by atoms with Crippen LogP contribution in [0.1, 0.15) is 16.9 Å². The van der Waals surface area contributed by atoms with Gasteiger partial charge in [-0.05, 0) is 18.6 Å². The predicted octanol–water partition coefficient (Wildman–Crippen LogP) is 2.18. The molecule has 0 aliphatic rings. The van der Waals surface area contributed by atoms with Gasteiger partial charge in [0.15, 0.2) is 0 Å². The van der Waals surface area contributed by atoms with Crippen molar-refractivity contribution in [3.8, 4) is 5.69 Å². The standard InChI is InChI=1S/C14H15N3O/c1-2-3-9-16-14(18)13-10-15-11-17(13)12-7-5-4-6-8-12/h2,4-8,10-11H,1,3,9H2,(H,16,18). The third-order valence-electron chi connectivity index (χ3n) is 2.54. The second-order valence-electron chi connectivity index (χ2n) is 3.82. The number of carbonyl (C=O) groups is 1. The van der Waals surface area contributed by atoms with Crippen molar-refractivity contribution in [2.24, 2.45) is 0 Å². The van der Waals surface area contributed by atoms with E-state index in [-0.39, 0.29) is 5.91 Å². The van der Waals surface area contributed by atoms with Gasteiger partial charge in [0.1, 0.15) is 5.69 Å². The Morgan fingerprint density at radius 2 is 2.17 bits per heavy atom. The monoisotopic (exact) mass is 241 g/mol. The number of rotatable bonds is 5. The molecule has 0 bridgehead atoms. The van der Waals surface area contributed by atoms with Crippen LogP contribution in [0.25, 0.3) is 5.69 Å². The van der Waals surface area contributed by atoms with E-state index in [1.54, 1.807) is 23.2 Å². The van der Waals surface area contributed by atoms with Crippen molar-refractivity contribution >= 4 is 5.91 Å². The molecule has 92 valence electrons. The Balaban J connectivity index is 2.18. The number of carbonyl (C=O) groups excluding carboxylic acids is 1. The molecule has 0 saturated heterocycles. The van der Waals surface area contributed by atoms with Gasteiger partial charge in [0, 0.05) is 12.2 Å². The number of nitrogens with one attached hydrogen (secondary N) is 1. The first kappa shape index (κ1) is 12.1. The molecule has 1 amide bonds. The summed E-state index contributed by atoms with van der Waals surface area (Å²) in [4.78, 5) is 16.0. The number of imidazole rings is 1. The van der Waals surface area contributed by atoms with Gasteiger partial charge in [-0.1, -0.05) is 24.3 Å². The summed E-state index contributed by atoms with van der Waals surface area (Å²) in [6, 6.07) is 9.65. The summed E-state index contributed by atoms with van der Waals surface area (Å²) in [7, 11) is 0. The van der Waals surface area contributed by atoms with E-state index in [4.69, 9.17) is 0 Å². The molecule has 0 saturated carbocycles. The highest BCUT2D eigenvalue weighted by atomic mass is 16.1. The van der Waals surface area contributed by atoms with E-state index in [0.29, 0.717) is 12.2 Å². The Bertz CT molecular complexity index is 531. The van der Waals surface area contributed by atoms with Gasteiger partial charge >= 0.3 is 0 Å². The Labute approximate surface area is 106 Å². The number of aromatic nitrogens is 2. The molecule has 4 nitrogen and oxygen atoms in total. The van der Waals surface area contributed by atoms with Crippen molar-refractivity contribution in [3.05, 3.63) is 61.2 Å². The third-order valence-corrected chi connectivity index (χ3v) is 2.54. The Hall–Kier alpha value is -2.36. The normalized spacial score (nSPS) is 10.0. The molecule has 1 N–H and O–H groups in total. The fraction of sp³-hybridized carbons (Fsp3) is 0.143. The van der Waals surface area contributed by atoms with Crippen LogP contribution in [0.15, 0.2) is 55.5 Å². The lowest BCUT2D eigenvalue weighted by molar-refractivity contribution is 0.0947. The first-order valence-corrected chi connectivity index (χ1v) is 5.80. The molecule has 0 unspecified atom stereocenters. The van der Waals surface area contributed by atoms with Crippen molar-refractivity contribution in [3.63, 3.8) is 0 Å². The molecule has 0 aliphatic heterocycles. The van der Waals surface area contributed by atoms with Gasteiger partial charge in [0.2, 0.25) is 0 Å². The van der Waals surface area contributed by atoms with E-state index in [1.807, 2.05) is 30.3 Å². The smallest absolute Gasteiger partial charge is 0.269 e. The average Bonchev–Trinajstić information content (AvgIpc) is 2.89. The highest BCUT2D eigenvalue weighted by Gasteiger charge is 2.11. The molecule has 18 heavy (non-hydrogen) atoms. The summed E-state index contributed by atoms with van der Waals surface area (Å²) in [5, 5.41) is 2.83. The third kappa shape index (κ3) is 2.66. The fourth-order valence-electron chi connectivity index (χ4n) is 1.64. The molecule has 2 rings (SSSR count). The highest BCUT2D eigenvalue weighted by Crippen LogP contribution is 2.10. The van der Waals surface area contributed by atoms with Gasteiger partial charge in [0.05, 0.1) is 12.5 Å². The molecule has 4 heteroatoms. The quantitative estimate of drug-likeness (QED) is 0.644. The molecular weight excluding hydrogens is 226 g/mol. The van der Waals surface area contributed by atoms with Crippen LogP contribution in [0.4, 0.5) is 0 Å². The summed E-state index contributed by atoms with van der Waals surface area (Å²) >= 11 is 0. The maximum atomic E-state index is 12.0. The van der Waals surface area contributed by atoms with Crippen LogP contribution in [0.2, 0.25) is 0 Å². The van der Waals surface area contributed by atoms with Gasteiger partial charge in [-0.15, -0.1) is 6.58 Å². The maximum Gasteiger partial charge on any atom is 0.269 e. The number of nitrogens with zero attached hydrogens (tertiary/aromatic N) is 2. The Morgan fingerprint density at radius 3 is 2.89 bits per heavy atom. The van der Waals surface area contributed by atoms with E-state index >= 15 is 0 Å². The molecule has 0 atom stereocenters. The van der Waals surface area contributed by atoms with Gasteiger partial charge < -0.3 is 5.32 Å². The number of amides is 1. The van der Waals surface area contributed by atoms with Gasteiger partial charge in [-0.25, -0.2) is 4.98 Å². The average molecular weight is 241 g/mol. The Kier molecular flexibility index (Phi) is 3.91. The predicted molar refractivity (Wildman–Crippen MR) is 70.7 cm³/mol. The van der Waals surface area contributed by atoms with E-state index in [0.717, 1.165) is 12.1 Å².